The molecule has 0 radical (unpaired) electrons. The Hall–Kier alpha value is -1.55. The molecule has 20 heavy (non-hydrogen) atoms. The maximum atomic E-state index is 9.54. The summed E-state index contributed by atoms with van der Waals surface area (Å²) in [6.45, 7) is 8.33. The zero-order chi connectivity index (χ0) is 15.0. The van der Waals surface area contributed by atoms with E-state index in [9.17, 15) is 5.11 Å². The van der Waals surface area contributed by atoms with Crippen LogP contribution < -0.4 is 10.6 Å². The van der Waals surface area contributed by atoms with Crippen LogP contribution in [0.2, 0.25) is 0 Å². The van der Waals surface area contributed by atoms with Gasteiger partial charge in [-0.05, 0) is 39.7 Å². The molecule has 4 heteroatoms. The average molecular weight is 277 g/mol. The van der Waals surface area contributed by atoms with Gasteiger partial charge in [-0.3, -0.25) is 0 Å². The lowest BCUT2D eigenvalue weighted by molar-refractivity contribution is 0.265. The molecule has 0 bridgehead atoms. The number of guanidine groups is 1. The first-order valence-corrected chi connectivity index (χ1v) is 7.27. The van der Waals surface area contributed by atoms with Gasteiger partial charge in [-0.25, -0.2) is 4.99 Å². The summed E-state index contributed by atoms with van der Waals surface area (Å²) in [7, 11) is 0. The van der Waals surface area contributed by atoms with E-state index in [0.717, 1.165) is 12.4 Å². The second-order valence-electron chi connectivity index (χ2n) is 5.60. The van der Waals surface area contributed by atoms with Crippen molar-refractivity contribution in [2.75, 3.05) is 6.61 Å². The summed E-state index contributed by atoms with van der Waals surface area (Å²) in [5.41, 5.74) is 1.18. The third-order valence-corrected chi connectivity index (χ3v) is 2.69. The van der Waals surface area contributed by atoms with Crippen LogP contribution in [0.15, 0.2) is 35.3 Å². The second-order valence-corrected chi connectivity index (χ2v) is 5.60. The number of aliphatic hydroxyl groups excluding tert-OH is 1. The molecule has 0 aliphatic heterocycles. The Kier molecular flexibility index (Phi) is 7.09. The molecule has 112 valence electrons. The minimum absolute atomic E-state index is 0.0396. The lowest BCUT2D eigenvalue weighted by Gasteiger charge is -2.20. The van der Waals surface area contributed by atoms with E-state index in [1.54, 1.807) is 0 Å². The Morgan fingerprint density at radius 2 is 1.60 bits per heavy atom. The fraction of sp³-hybridized carbons (Fsp3) is 0.562. The standard InChI is InChI=1S/C16H27N3O/c1-12(2)17-16(18-13(3)4)19-15(11-20)10-14-8-6-5-7-9-14/h5-9,12-13,15,20H,10-11H2,1-4H3,(H2,17,18,19)/t15-/m0/s1. The Morgan fingerprint density at radius 1 is 1.05 bits per heavy atom. The molecule has 0 saturated heterocycles. The van der Waals surface area contributed by atoms with Crippen molar-refractivity contribution in [3.63, 3.8) is 0 Å². The highest BCUT2D eigenvalue weighted by Crippen LogP contribution is 2.05. The van der Waals surface area contributed by atoms with Gasteiger partial charge >= 0.3 is 0 Å². The monoisotopic (exact) mass is 277 g/mol. The van der Waals surface area contributed by atoms with Crippen LogP contribution in [0.5, 0.6) is 0 Å². The molecule has 3 N–H and O–H groups in total. The molecular weight excluding hydrogens is 250 g/mol. The van der Waals surface area contributed by atoms with Crippen LogP contribution in [0.25, 0.3) is 0 Å². The summed E-state index contributed by atoms with van der Waals surface area (Å²) in [5, 5.41) is 16.1. The van der Waals surface area contributed by atoms with Crippen LogP contribution in [0.4, 0.5) is 0 Å². The lowest BCUT2D eigenvalue weighted by atomic mass is 10.1. The molecule has 1 rings (SSSR count). The van der Waals surface area contributed by atoms with Gasteiger partial charge in [0.25, 0.3) is 0 Å². The Morgan fingerprint density at radius 3 is 2.05 bits per heavy atom. The predicted octanol–water partition coefficient (Wildman–Crippen LogP) is 1.94. The number of nitrogens with zero attached hydrogens (tertiary/aromatic N) is 1. The minimum atomic E-state index is -0.134. The van der Waals surface area contributed by atoms with Crippen molar-refractivity contribution in [3.05, 3.63) is 35.9 Å². The van der Waals surface area contributed by atoms with E-state index in [0.29, 0.717) is 12.1 Å². The number of rotatable bonds is 6. The minimum Gasteiger partial charge on any atom is -0.394 e. The van der Waals surface area contributed by atoms with E-state index < -0.39 is 0 Å². The van der Waals surface area contributed by atoms with Gasteiger partial charge in [0.1, 0.15) is 0 Å². The van der Waals surface area contributed by atoms with Crippen LogP contribution >= 0.6 is 0 Å². The van der Waals surface area contributed by atoms with Crippen molar-refractivity contribution < 1.29 is 5.11 Å². The second kappa shape index (κ2) is 8.59. The maximum Gasteiger partial charge on any atom is 0.192 e. The Bertz CT molecular complexity index is 389. The summed E-state index contributed by atoms with van der Waals surface area (Å²) < 4.78 is 0. The highest BCUT2D eigenvalue weighted by molar-refractivity contribution is 5.80. The molecule has 0 aliphatic carbocycles. The van der Waals surface area contributed by atoms with E-state index in [4.69, 9.17) is 0 Å². The Labute approximate surface area is 122 Å². The molecule has 1 aromatic rings. The number of hydrogen-bond donors (Lipinski definition) is 3. The molecule has 1 aromatic carbocycles. The molecule has 0 aromatic heterocycles. The topological polar surface area (TPSA) is 56.7 Å². The number of aliphatic imine (C=N–C) groups is 1. The van der Waals surface area contributed by atoms with E-state index in [-0.39, 0.29) is 12.6 Å². The molecule has 0 unspecified atom stereocenters. The smallest absolute Gasteiger partial charge is 0.192 e. The van der Waals surface area contributed by atoms with Crippen LogP contribution in [-0.4, -0.2) is 35.8 Å². The molecule has 0 fully saturated rings. The molecule has 1 atom stereocenters. The first-order chi connectivity index (χ1) is 9.51. The van der Waals surface area contributed by atoms with Crippen molar-refractivity contribution in [1.29, 1.82) is 0 Å². The molecule has 4 nitrogen and oxygen atoms in total. The van der Waals surface area contributed by atoms with Crippen molar-refractivity contribution in [1.82, 2.24) is 10.6 Å². The van der Waals surface area contributed by atoms with Gasteiger partial charge < -0.3 is 15.7 Å². The predicted molar refractivity (Wildman–Crippen MR) is 85.0 cm³/mol. The summed E-state index contributed by atoms with van der Waals surface area (Å²) in [5.74, 6) is 0.755. The lowest BCUT2D eigenvalue weighted by Crippen LogP contribution is -2.45. The molecular formula is C16H27N3O. The quantitative estimate of drug-likeness (QED) is 0.550. The van der Waals surface area contributed by atoms with Crippen LogP contribution in [0.1, 0.15) is 33.3 Å². The highest BCUT2D eigenvalue weighted by atomic mass is 16.3. The van der Waals surface area contributed by atoms with Gasteiger partial charge in [0.15, 0.2) is 5.96 Å². The third kappa shape index (κ3) is 6.57. The maximum absolute atomic E-state index is 9.54. The molecule has 0 heterocycles. The van der Waals surface area contributed by atoms with Crippen LogP contribution in [-0.2, 0) is 6.42 Å². The first kappa shape index (κ1) is 16.5. The normalized spacial score (nSPS) is 12.3. The number of hydrogen-bond acceptors (Lipinski definition) is 2. The van der Waals surface area contributed by atoms with E-state index in [2.05, 4.69) is 55.5 Å². The van der Waals surface area contributed by atoms with Crippen LogP contribution in [0, 0.1) is 0 Å². The SMILES string of the molecule is CC(C)NC(=N[C@H](CO)Cc1ccccc1)NC(C)C. The summed E-state index contributed by atoms with van der Waals surface area (Å²) in [6.07, 6.45) is 0.736. The van der Waals surface area contributed by atoms with E-state index in [1.807, 2.05) is 18.2 Å². The van der Waals surface area contributed by atoms with Gasteiger partial charge in [-0.15, -0.1) is 0 Å². The number of benzene rings is 1. The largest absolute Gasteiger partial charge is 0.394 e. The van der Waals surface area contributed by atoms with Crippen molar-refractivity contribution in [2.24, 2.45) is 4.99 Å². The van der Waals surface area contributed by atoms with Gasteiger partial charge in [-0.2, -0.15) is 0 Å². The highest BCUT2D eigenvalue weighted by Gasteiger charge is 2.10. The van der Waals surface area contributed by atoms with E-state index in [1.165, 1.54) is 5.56 Å². The van der Waals surface area contributed by atoms with Gasteiger partial charge in [0, 0.05) is 12.1 Å². The average Bonchev–Trinajstić information content (AvgIpc) is 2.37. The molecule has 0 aliphatic rings. The first-order valence-electron chi connectivity index (χ1n) is 7.27. The third-order valence-electron chi connectivity index (χ3n) is 2.69. The van der Waals surface area contributed by atoms with Gasteiger partial charge in [-0.1, -0.05) is 30.3 Å². The summed E-state index contributed by atoms with van der Waals surface area (Å²) >= 11 is 0. The van der Waals surface area contributed by atoms with Crippen molar-refractivity contribution in [3.8, 4) is 0 Å². The zero-order valence-corrected chi connectivity index (χ0v) is 12.9. The molecule has 0 spiro atoms. The van der Waals surface area contributed by atoms with Crippen molar-refractivity contribution in [2.45, 2.75) is 52.2 Å². The molecule has 0 amide bonds. The number of nitrogens with one attached hydrogen (secondary N) is 2. The fourth-order valence-corrected chi connectivity index (χ4v) is 1.88. The van der Waals surface area contributed by atoms with Crippen molar-refractivity contribution >= 4 is 5.96 Å². The number of aliphatic hydroxyl groups is 1. The van der Waals surface area contributed by atoms with Gasteiger partial charge in [0.2, 0.25) is 0 Å². The summed E-state index contributed by atoms with van der Waals surface area (Å²) in [6, 6.07) is 10.6. The Balaban J connectivity index is 2.76. The van der Waals surface area contributed by atoms with Crippen LogP contribution in [0.3, 0.4) is 0 Å². The summed E-state index contributed by atoms with van der Waals surface area (Å²) in [4.78, 5) is 4.61. The molecule has 0 saturated carbocycles. The zero-order valence-electron chi connectivity index (χ0n) is 12.9. The van der Waals surface area contributed by atoms with E-state index >= 15 is 0 Å². The fourth-order valence-electron chi connectivity index (χ4n) is 1.88. The van der Waals surface area contributed by atoms with Gasteiger partial charge in [0.05, 0.1) is 12.6 Å².